The van der Waals surface area contributed by atoms with Crippen molar-refractivity contribution < 1.29 is 32.4 Å². The Morgan fingerprint density at radius 1 is 1.31 bits per heavy atom. The zero-order valence-corrected chi connectivity index (χ0v) is 15.4. The molecule has 1 N–H and O–H groups in total. The van der Waals surface area contributed by atoms with Crippen LogP contribution in [0.1, 0.15) is 31.7 Å². The fourth-order valence-electron chi connectivity index (χ4n) is 3.00. The van der Waals surface area contributed by atoms with Crippen LogP contribution >= 0.6 is 0 Å². The molecular weight excluding hydrogens is 395 g/mol. The van der Waals surface area contributed by atoms with Gasteiger partial charge in [0, 0.05) is 11.3 Å². The third kappa shape index (κ3) is 5.04. The molecule has 1 aromatic carbocycles. The van der Waals surface area contributed by atoms with E-state index >= 15 is 0 Å². The van der Waals surface area contributed by atoms with Crippen molar-refractivity contribution in [3.05, 3.63) is 62.6 Å². The van der Waals surface area contributed by atoms with Gasteiger partial charge in [-0.3, -0.25) is 10.1 Å². The molecule has 0 amide bonds. The van der Waals surface area contributed by atoms with Crippen LogP contribution in [-0.2, 0) is 9.53 Å². The molecule has 0 saturated carbocycles. The normalized spacial score (nSPS) is 16.8. The van der Waals surface area contributed by atoms with Gasteiger partial charge in [0.05, 0.1) is 28.7 Å². The average molecular weight is 411 g/mol. The zero-order chi connectivity index (χ0) is 21.8. The van der Waals surface area contributed by atoms with Crippen LogP contribution in [0.25, 0.3) is 0 Å². The number of ether oxygens (including phenoxy) is 2. The van der Waals surface area contributed by atoms with E-state index in [-0.39, 0.29) is 35.6 Å². The number of dihydropyridines is 1. The number of rotatable bonds is 6. The quantitative estimate of drug-likeness (QED) is 0.330. The lowest BCUT2D eigenvalue weighted by atomic mass is 9.83. The molecule has 0 bridgehead atoms. The fraction of sp³-hybridized carbons (Fsp3) is 0.333. The summed E-state index contributed by atoms with van der Waals surface area (Å²) in [6.07, 6.45) is -5.15. The second-order valence-electron chi connectivity index (χ2n) is 5.99. The van der Waals surface area contributed by atoms with Gasteiger partial charge in [0.25, 0.3) is 5.70 Å². The highest BCUT2D eigenvalue weighted by Gasteiger charge is 2.43. The molecule has 1 heterocycles. The van der Waals surface area contributed by atoms with Crippen molar-refractivity contribution in [1.82, 2.24) is 5.32 Å². The summed E-state index contributed by atoms with van der Waals surface area (Å²) in [6, 6.07) is 6.65. The van der Waals surface area contributed by atoms with Gasteiger partial charge < -0.3 is 14.8 Å². The third-order valence-electron chi connectivity index (χ3n) is 4.04. The summed E-state index contributed by atoms with van der Waals surface area (Å²) in [6.45, 7) is 2.55. The van der Waals surface area contributed by atoms with Crippen molar-refractivity contribution in [3.8, 4) is 11.8 Å². The van der Waals surface area contributed by atoms with E-state index in [1.165, 1.54) is 32.0 Å². The van der Waals surface area contributed by atoms with Crippen LogP contribution in [-0.4, -0.2) is 23.9 Å². The molecule has 1 unspecified atom stereocenters. The summed E-state index contributed by atoms with van der Waals surface area (Å²) in [5, 5.41) is 23.0. The lowest BCUT2D eigenvalue weighted by Crippen LogP contribution is -2.32. The van der Waals surface area contributed by atoms with Crippen molar-refractivity contribution in [2.24, 2.45) is 0 Å². The van der Waals surface area contributed by atoms with Gasteiger partial charge in [0.15, 0.2) is 0 Å². The van der Waals surface area contributed by atoms with E-state index in [4.69, 9.17) is 10.00 Å². The first-order valence-electron chi connectivity index (χ1n) is 8.28. The summed E-state index contributed by atoms with van der Waals surface area (Å²) < 4.78 is 47.5. The molecule has 1 aromatic rings. The molecule has 154 valence electrons. The molecule has 0 saturated heterocycles. The largest absolute Gasteiger partial charge is 0.573 e. The van der Waals surface area contributed by atoms with Gasteiger partial charge in [-0.15, -0.1) is 13.2 Å². The first kappa shape index (κ1) is 21.7. The lowest BCUT2D eigenvalue weighted by Gasteiger charge is -2.27. The lowest BCUT2D eigenvalue weighted by molar-refractivity contribution is -0.431. The molecule has 0 spiro atoms. The minimum Gasteiger partial charge on any atom is -0.461 e. The zero-order valence-electron chi connectivity index (χ0n) is 15.4. The maximum Gasteiger partial charge on any atom is 0.573 e. The SMILES string of the molecule is CC1=C(C(=O)OCCC#N)C(c2ccccc2OC(F)(F)F)C([N+](=O)[O-])=C(C)N1. The summed E-state index contributed by atoms with van der Waals surface area (Å²) in [5.41, 5.74) is -0.724. The molecule has 11 heteroatoms. The second-order valence-corrected chi connectivity index (χ2v) is 5.99. The number of hydrogen-bond acceptors (Lipinski definition) is 7. The minimum atomic E-state index is -5.04. The second kappa shape index (κ2) is 8.64. The number of carbonyl (C=O) groups is 1. The minimum absolute atomic E-state index is 0.0629. The van der Waals surface area contributed by atoms with Gasteiger partial charge in [0.2, 0.25) is 0 Å². The third-order valence-corrected chi connectivity index (χ3v) is 4.04. The number of nitrogens with zero attached hydrogens (tertiary/aromatic N) is 2. The number of benzene rings is 1. The Bertz CT molecular complexity index is 931. The molecule has 29 heavy (non-hydrogen) atoms. The highest BCUT2D eigenvalue weighted by Crippen LogP contribution is 2.43. The van der Waals surface area contributed by atoms with E-state index < -0.39 is 34.6 Å². The summed E-state index contributed by atoms with van der Waals surface area (Å²) >= 11 is 0. The fourth-order valence-corrected chi connectivity index (χ4v) is 3.00. The molecule has 0 fully saturated rings. The molecule has 2 rings (SSSR count). The van der Waals surface area contributed by atoms with Gasteiger partial charge in [-0.05, 0) is 19.9 Å². The molecule has 0 aromatic heterocycles. The molecule has 8 nitrogen and oxygen atoms in total. The Labute approximate surface area is 163 Å². The van der Waals surface area contributed by atoms with Crippen LogP contribution in [0.2, 0.25) is 0 Å². The van der Waals surface area contributed by atoms with Gasteiger partial charge in [0.1, 0.15) is 18.3 Å². The standard InChI is InChI=1S/C18H16F3N3O5/c1-10-14(17(25)28-9-5-8-22)15(16(24(26)27)11(2)23-10)12-6-3-4-7-13(12)29-18(19,20)21/h3-4,6-7,15,23H,5,9H2,1-2H3. The maximum absolute atomic E-state index is 12.8. The van der Waals surface area contributed by atoms with Gasteiger partial charge in [-0.2, -0.15) is 5.26 Å². The van der Waals surface area contributed by atoms with Crippen LogP contribution in [0.15, 0.2) is 46.9 Å². The first-order chi connectivity index (χ1) is 13.6. The van der Waals surface area contributed by atoms with Gasteiger partial charge >= 0.3 is 12.3 Å². The highest BCUT2D eigenvalue weighted by atomic mass is 19.4. The van der Waals surface area contributed by atoms with Crippen LogP contribution in [0.3, 0.4) is 0 Å². The van der Waals surface area contributed by atoms with E-state index in [0.717, 1.165) is 6.07 Å². The van der Waals surface area contributed by atoms with Gasteiger partial charge in [-0.1, -0.05) is 18.2 Å². The smallest absolute Gasteiger partial charge is 0.461 e. The predicted molar refractivity (Wildman–Crippen MR) is 92.6 cm³/mol. The number of carbonyl (C=O) groups excluding carboxylic acids is 1. The van der Waals surface area contributed by atoms with E-state index in [1.54, 1.807) is 6.07 Å². The van der Waals surface area contributed by atoms with Crippen molar-refractivity contribution >= 4 is 5.97 Å². The molecule has 1 atom stereocenters. The Balaban J connectivity index is 2.64. The Hall–Kier alpha value is -3.55. The number of hydrogen-bond donors (Lipinski definition) is 1. The number of nitro groups is 1. The highest BCUT2D eigenvalue weighted by molar-refractivity contribution is 5.92. The molecule has 1 aliphatic rings. The van der Waals surface area contributed by atoms with Crippen LogP contribution in [0, 0.1) is 21.4 Å². The topological polar surface area (TPSA) is 114 Å². The summed E-state index contributed by atoms with van der Waals surface area (Å²) in [4.78, 5) is 23.5. The maximum atomic E-state index is 12.8. The monoisotopic (exact) mass is 411 g/mol. The van der Waals surface area contributed by atoms with E-state index in [0.29, 0.717) is 0 Å². The van der Waals surface area contributed by atoms with Crippen molar-refractivity contribution in [2.45, 2.75) is 32.5 Å². The van der Waals surface area contributed by atoms with Crippen molar-refractivity contribution in [2.75, 3.05) is 6.61 Å². The molecule has 0 radical (unpaired) electrons. The van der Waals surface area contributed by atoms with Gasteiger partial charge in [-0.25, -0.2) is 4.79 Å². The van der Waals surface area contributed by atoms with Crippen molar-refractivity contribution in [1.29, 1.82) is 5.26 Å². The van der Waals surface area contributed by atoms with Crippen LogP contribution in [0.4, 0.5) is 13.2 Å². The average Bonchev–Trinajstić information content (AvgIpc) is 2.60. The number of nitrogens with one attached hydrogen (secondary N) is 1. The Morgan fingerprint density at radius 2 is 1.97 bits per heavy atom. The number of para-hydroxylation sites is 1. The number of nitriles is 1. The van der Waals surface area contributed by atoms with E-state index in [9.17, 15) is 28.1 Å². The van der Waals surface area contributed by atoms with E-state index in [1.807, 2.05) is 0 Å². The Kier molecular flexibility index (Phi) is 6.48. The van der Waals surface area contributed by atoms with Crippen LogP contribution in [0.5, 0.6) is 5.75 Å². The Morgan fingerprint density at radius 3 is 2.55 bits per heavy atom. The molecule has 0 aliphatic carbocycles. The number of esters is 1. The van der Waals surface area contributed by atoms with Crippen LogP contribution < -0.4 is 10.1 Å². The number of halogens is 3. The summed E-state index contributed by atoms with van der Waals surface area (Å²) in [5.74, 6) is -3.13. The molecule has 1 aliphatic heterocycles. The summed E-state index contributed by atoms with van der Waals surface area (Å²) in [7, 11) is 0. The molecular formula is C18H16F3N3O5. The number of allylic oxidation sites excluding steroid dienone is 3. The van der Waals surface area contributed by atoms with E-state index in [2.05, 4.69) is 10.1 Å². The number of alkyl halides is 3. The first-order valence-corrected chi connectivity index (χ1v) is 8.28. The van der Waals surface area contributed by atoms with Crippen molar-refractivity contribution in [3.63, 3.8) is 0 Å². The predicted octanol–water partition coefficient (Wildman–Crippen LogP) is 3.51.